The summed E-state index contributed by atoms with van der Waals surface area (Å²) in [6, 6.07) is 11.1. The summed E-state index contributed by atoms with van der Waals surface area (Å²) in [5, 5.41) is 1.38. The van der Waals surface area contributed by atoms with Gasteiger partial charge in [-0.25, -0.2) is 0 Å². The van der Waals surface area contributed by atoms with Crippen molar-refractivity contribution in [3.8, 4) is 0 Å². The van der Waals surface area contributed by atoms with E-state index in [0.717, 1.165) is 17.0 Å². The van der Waals surface area contributed by atoms with Gasteiger partial charge in [-0.1, -0.05) is 0 Å². The van der Waals surface area contributed by atoms with Gasteiger partial charge >= 0.3 is 39.2 Å². The summed E-state index contributed by atoms with van der Waals surface area (Å²) < 4.78 is 99.0. The van der Waals surface area contributed by atoms with Gasteiger partial charge in [-0.2, -0.15) is 17.6 Å². The topological polar surface area (TPSA) is 4.10 Å². The van der Waals surface area contributed by atoms with Crippen molar-refractivity contribution in [1.82, 2.24) is 0 Å². The molecule has 0 radical (unpaired) electrons. The monoisotopic (exact) mass is 393 g/mol. The van der Waals surface area contributed by atoms with Crippen LogP contribution in [0.4, 0.5) is 38.4 Å². The number of benzene rings is 1. The average molecular weight is 393 g/mol. The molecule has 0 unspecified atom stereocenters. The number of aromatic nitrogens is 1. The second-order valence-corrected chi connectivity index (χ2v) is 7.02. The number of rotatable bonds is 0. The standard InChI is InChI=1S/C14H9F3N.F6P/c15-14(16,17)12-5-4-10-9-18-6-2-1-3-13(18)8-11(10)7-12;1-7(2,3,4,5)6/h1-9H;/q+1;-1. The van der Waals surface area contributed by atoms with Crippen LogP contribution in [-0.2, 0) is 6.18 Å². The van der Waals surface area contributed by atoms with Gasteiger partial charge in [0.25, 0.3) is 0 Å². The molecule has 25 heavy (non-hydrogen) atoms. The summed E-state index contributed by atoms with van der Waals surface area (Å²) in [6.45, 7) is 0. The van der Waals surface area contributed by atoms with Crippen molar-refractivity contribution in [2.24, 2.45) is 0 Å². The second-order valence-electron chi connectivity index (χ2n) is 5.11. The fourth-order valence-electron chi connectivity index (χ4n) is 2.01. The quantitative estimate of drug-likeness (QED) is 0.168. The minimum atomic E-state index is -10.7. The predicted octanol–water partition coefficient (Wildman–Crippen LogP) is 6.98. The Balaban J connectivity index is 0.000000277. The fraction of sp³-hybridized carbons (Fsp3) is 0.0714. The predicted molar refractivity (Wildman–Crippen MR) is 75.7 cm³/mol. The third-order valence-electron chi connectivity index (χ3n) is 2.92. The van der Waals surface area contributed by atoms with Crippen molar-refractivity contribution in [2.75, 3.05) is 0 Å². The third-order valence-corrected chi connectivity index (χ3v) is 2.92. The zero-order chi connectivity index (χ0) is 19.2. The Labute approximate surface area is 134 Å². The molecule has 0 aliphatic carbocycles. The van der Waals surface area contributed by atoms with Gasteiger partial charge in [0.05, 0.1) is 5.56 Å². The van der Waals surface area contributed by atoms with E-state index in [1.54, 1.807) is 6.07 Å². The molecule has 1 nitrogen and oxygen atoms in total. The maximum atomic E-state index is 12.6. The first-order chi connectivity index (χ1) is 11.0. The first kappa shape index (κ1) is 19.2. The molecule has 0 spiro atoms. The van der Waals surface area contributed by atoms with Crippen molar-refractivity contribution in [2.45, 2.75) is 6.18 Å². The molecule has 138 valence electrons. The summed E-state index contributed by atoms with van der Waals surface area (Å²) in [6.07, 6.45) is -0.607. The van der Waals surface area contributed by atoms with Crippen LogP contribution in [0, 0.1) is 0 Å². The van der Waals surface area contributed by atoms with E-state index in [1.807, 2.05) is 35.0 Å². The molecule has 3 aromatic rings. The molecule has 0 aliphatic rings. The zero-order valence-electron chi connectivity index (χ0n) is 12.0. The van der Waals surface area contributed by atoms with Crippen LogP contribution in [0.2, 0.25) is 0 Å². The summed E-state index contributed by atoms with van der Waals surface area (Å²) >= 11 is 0. The zero-order valence-corrected chi connectivity index (χ0v) is 12.9. The number of hydrogen-bond acceptors (Lipinski definition) is 0. The molecular weight excluding hydrogens is 384 g/mol. The van der Waals surface area contributed by atoms with Crippen molar-refractivity contribution < 1.29 is 42.8 Å². The fourth-order valence-corrected chi connectivity index (χ4v) is 2.01. The number of hydrogen-bond donors (Lipinski definition) is 0. The van der Waals surface area contributed by atoms with E-state index in [9.17, 15) is 38.4 Å². The van der Waals surface area contributed by atoms with Crippen LogP contribution in [0.25, 0.3) is 16.3 Å². The van der Waals surface area contributed by atoms with E-state index in [4.69, 9.17) is 0 Å². The first-order valence-electron chi connectivity index (χ1n) is 6.46. The van der Waals surface area contributed by atoms with E-state index in [1.165, 1.54) is 12.1 Å². The molecular formula is C14H9F9NP. The molecule has 11 heteroatoms. The van der Waals surface area contributed by atoms with E-state index in [0.29, 0.717) is 5.39 Å². The van der Waals surface area contributed by atoms with Crippen LogP contribution >= 0.6 is 7.81 Å². The van der Waals surface area contributed by atoms with E-state index >= 15 is 0 Å². The molecule has 0 aliphatic heterocycles. The number of pyridine rings is 2. The van der Waals surface area contributed by atoms with Crippen LogP contribution in [0.5, 0.6) is 0 Å². The van der Waals surface area contributed by atoms with Gasteiger partial charge in [-0.05, 0) is 29.7 Å². The van der Waals surface area contributed by atoms with Crippen LogP contribution in [0.1, 0.15) is 5.56 Å². The van der Waals surface area contributed by atoms with Crippen molar-refractivity contribution >= 4 is 24.1 Å². The molecule has 1 aromatic carbocycles. The molecule has 0 saturated carbocycles. The second kappa shape index (κ2) is 5.20. The van der Waals surface area contributed by atoms with Crippen LogP contribution in [-0.4, -0.2) is 0 Å². The van der Waals surface area contributed by atoms with Crippen molar-refractivity contribution in [3.05, 3.63) is 60.4 Å². The summed E-state index contributed by atoms with van der Waals surface area (Å²) in [4.78, 5) is 0. The molecule has 0 amide bonds. The number of nitrogens with zero attached hydrogens (tertiary/aromatic N) is 1. The SMILES string of the molecule is FC(F)(F)c1ccc2c[n+]3ccccc3cc2c1.F[P-](F)(F)(F)(F)F. The molecule has 0 atom stereocenters. The van der Waals surface area contributed by atoms with Gasteiger partial charge in [-0.3, -0.25) is 0 Å². The van der Waals surface area contributed by atoms with Gasteiger partial charge in [0.2, 0.25) is 5.52 Å². The maximum absolute atomic E-state index is 12.6. The van der Waals surface area contributed by atoms with Gasteiger partial charge in [0.1, 0.15) is 0 Å². The Morgan fingerprint density at radius 1 is 0.760 bits per heavy atom. The Kier molecular flexibility index (Phi) is 4.00. The molecule has 0 N–H and O–H groups in total. The summed E-state index contributed by atoms with van der Waals surface area (Å²) in [5.74, 6) is 0. The Morgan fingerprint density at radius 3 is 1.92 bits per heavy atom. The van der Waals surface area contributed by atoms with E-state index < -0.39 is 19.5 Å². The Morgan fingerprint density at radius 2 is 1.36 bits per heavy atom. The van der Waals surface area contributed by atoms with E-state index in [-0.39, 0.29) is 0 Å². The molecule has 2 aromatic heterocycles. The molecule has 0 saturated heterocycles. The number of halogens is 9. The minimum absolute atomic E-state index is 0.594. The van der Waals surface area contributed by atoms with Gasteiger partial charge < -0.3 is 0 Å². The van der Waals surface area contributed by atoms with Gasteiger partial charge in [0.15, 0.2) is 12.4 Å². The summed E-state index contributed by atoms with van der Waals surface area (Å²) in [7, 11) is -10.7. The molecule has 0 fully saturated rings. The van der Waals surface area contributed by atoms with Crippen LogP contribution < -0.4 is 4.40 Å². The number of fused-ring (bicyclic) bond motifs is 2. The van der Waals surface area contributed by atoms with Crippen LogP contribution in [0.3, 0.4) is 0 Å². The molecule has 3 rings (SSSR count). The van der Waals surface area contributed by atoms with Gasteiger partial charge in [-0.15, -0.1) is 0 Å². The average Bonchev–Trinajstić information content (AvgIpc) is 2.40. The van der Waals surface area contributed by atoms with Crippen molar-refractivity contribution in [3.63, 3.8) is 0 Å². The molecule has 0 bridgehead atoms. The van der Waals surface area contributed by atoms with Crippen molar-refractivity contribution in [1.29, 1.82) is 0 Å². The van der Waals surface area contributed by atoms with Crippen LogP contribution in [0.15, 0.2) is 54.9 Å². The Bertz CT molecular complexity index is 919. The van der Waals surface area contributed by atoms with E-state index in [2.05, 4.69) is 0 Å². The summed E-state index contributed by atoms with van der Waals surface area (Å²) in [5.41, 5.74) is 0.250. The first-order valence-corrected chi connectivity index (χ1v) is 8.49. The number of alkyl halides is 3. The van der Waals surface area contributed by atoms with Gasteiger partial charge in [0, 0.05) is 23.6 Å². The normalized spacial score (nSPS) is 15.2. The molecule has 2 heterocycles. The Hall–Kier alpha value is -2.09. The third kappa shape index (κ3) is 6.74.